The number of benzene rings is 4. The fraction of sp³-hybridized carbons (Fsp3) is 0.348. The van der Waals surface area contributed by atoms with Crippen LogP contribution in [0.15, 0.2) is 139 Å². The van der Waals surface area contributed by atoms with Crippen LogP contribution in [-0.2, 0) is 19.1 Å². The summed E-state index contributed by atoms with van der Waals surface area (Å²) in [5.74, 6) is -0.349. The van der Waals surface area contributed by atoms with Crippen LogP contribution in [0.3, 0.4) is 0 Å². The summed E-state index contributed by atoms with van der Waals surface area (Å²) in [5, 5.41) is 33.2. The standard InChI is InChI=1S/2C21H25N3O2S.C4H4O4.H2O/c2*25-14-16-26-15-13-23-9-11-24(12-10-23)21-17-5-1-3-7-19(17)27-20-8-4-2-6-18(20)22-21;5-3(6)1-2-4(7)8;/h2*1-8,25H,9-16H2;1-2H,(H,5,6)(H,7,8);1H2. The maximum atomic E-state index is 9.55. The molecule has 0 aliphatic carbocycles. The van der Waals surface area contributed by atoms with Crippen LogP contribution < -0.4 is 0 Å². The molecule has 4 aliphatic rings. The molecule has 0 saturated carbocycles. The molecule has 0 unspecified atom stereocenters. The van der Waals surface area contributed by atoms with Gasteiger partial charge in [0.2, 0.25) is 0 Å². The van der Waals surface area contributed by atoms with Crippen LogP contribution >= 0.6 is 23.5 Å². The van der Waals surface area contributed by atoms with Crippen molar-refractivity contribution in [2.24, 2.45) is 9.98 Å². The molecule has 4 heterocycles. The highest BCUT2D eigenvalue weighted by Gasteiger charge is 2.26. The van der Waals surface area contributed by atoms with Crippen molar-refractivity contribution in [3.8, 4) is 0 Å². The first-order valence-electron chi connectivity index (χ1n) is 20.7. The van der Waals surface area contributed by atoms with E-state index >= 15 is 0 Å². The number of hydrogen-bond acceptors (Lipinski definition) is 14. The van der Waals surface area contributed by atoms with Gasteiger partial charge in [-0.3, -0.25) is 9.80 Å². The number of carbonyl (C=O) groups is 2. The molecule has 2 fully saturated rings. The Kier molecular flexibility index (Phi) is 20.1. The van der Waals surface area contributed by atoms with Gasteiger partial charge in [0.15, 0.2) is 0 Å². The molecule has 4 aromatic rings. The van der Waals surface area contributed by atoms with E-state index in [1.54, 1.807) is 23.5 Å². The number of aliphatic imine (C=N–C) groups is 2. The topological polar surface area (TPSA) is 203 Å². The maximum Gasteiger partial charge on any atom is 0.328 e. The van der Waals surface area contributed by atoms with Crippen LogP contribution in [0.5, 0.6) is 0 Å². The summed E-state index contributed by atoms with van der Waals surface area (Å²) < 4.78 is 10.8. The van der Waals surface area contributed by atoms with E-state index in [9.17, 15) is 9.59 Å². The minimum atomic E-state index is -1.26. The van der Waals surface area contributed by atoms with Gasteiger partial charge in [-0.25, -0.2) is 19.6 Å². The fourth-order valence-corrected chi connectivity index (χ4v) is 9.09. The number of para-hydroxylation sites is 2. The zero-order chi connectivity index (χ0) is 43.5. The number of aliphatic hydroxyl groups is 2. The molecule has 0 atom stereocenters. The lowest BCUT2D eigenvalue weighted by Crippen LogP contribution is -2.49. The van der Waals surface area contributed by atoms with Crippen molar-refractivity contribution in [1.82, 2.24) is 19.6 Å². The van der Waals surface area contributed by atoms with Crippen molar-refractivity contribution in [1.29, 1.82) is 0 Å². The number of piperazine rings is 2. The minimum Gasteiger partial charge on any atom is -0.478 e. The van der Waals surface area contributed by atoms with Crippen LogP contribution in [0, 0.1) is 0 Å². The molecular formula is C46H56N6O9S2. The number of amidine groups is 2. The quantitative estimate of drug-likeness (QED) is 0.114. The average molecular weight is 901 g/mol. The van der Waals surface area contributed by atoms with Crippen LogP contribution in [0.4, 0.5) is 11.4 Å². The van der Waals surface area contributed by atoms with E-state index in [4.69, 9.17) is 39.9 Å². The Bertz CT molecular complexity index is 2020. The number of ether oxygens (including phenoxy) is 2. The second-order valence-corrected chi connectivity index (χ2v) is 16.5. The number of aliphatic carboxylic acids is 2. The summed E-state index contributed by atoms with van der Waals surface area (Å²) in [6.45, 7) is 12.0. The second kappa shape index (κ2) is 25.9. The number of nitrogens with zero attached hydrogens (tertiary/aromatic N) is 6. The summed E-state index contributed by atoms with van der Waals surface area (Å²) in [6.07, 6.45) is 1.12. The van der Waals surface area contributed by atoms with E-state index in [2.05, 4.69) is 117 Å². The summed E-state index contributed by atoms with van der Waals surface area (Å²) in [4.78, 5) is 43.8. The lowest BCUT2D eigenvalue weighted by Gasteiger charge is -2.36. The largest absolute Gasteiger partial charge is 0.478 e. The van der Waals surface area contributed by atoms with Crippen molar-refractivity contribution in [3.05, 3.63) is 120 Å². The first kappa shape index (κ1) is 48.9. The molecule has 0 amide bonds. The number of hydrogen-bond donors (Lipinski definition) is 4. The number of rotatable bonds is 12. The van der Waals surface area contributed by atoms with Crippen LogP contribution in [-0.4, -0.2) is 174 Å². The van der Waals surface area contributed by atoms with Gasteiger partial charge in [-0.15, -0.1) is 0 Å². The number of carboxylic acids is 2. The molecular weight excluding hydrogens is 845 g/mol. The molecule has 63 heavy (non-hydrogen) atoms. The smallest absolute Gasteiger partial charge is 0.328 e. The van der Waals surface area contributed by atoms with Gasteiger partial charge in [-0.1, -0.05) is 84.2 Å². The lowest BCUT2D eigenvalue weighted by molar-refractivity contribution is -0.134. The highest BCUT2D eigenvalue weighted by Crippen LogP contribution is 2.42. The predicted octanol–water partition coefficient (Wildman–Crippen LogP) is 4.60. The third kappa shape index (κ3) is 14.7. The SMILES string of the molecule is O.O=C(O)C=CC(=O)O.OCCOCCN1CCN(C2=Nc3ccccc3Sc3ccccc32)CC1.OCCOCCN1CCN(C2=Nc3ccccc3Sc3ccccc32)CC1. The molecule has 15 nitrogen and oxygen atoms in total. The third-order valence-corrected chi connectivity index (χ3v) is 12.4. The zero-order valence-electron chi connectivity index (χ0n) is 35.1. The van der Waals surface area contributed by atoms with E-state index in [1.807, 2.05) is 0 Å². The van der Waals surface area contributed by atoms with Gasteiger partial charge >= 0.3 is 11.9 Å². The predicted molar refractivity (Wildman–Crippen MR) is 246 cm³/mol. The van der Waals surface area contributed by atoms with Gasteiger partial charge in [0, 0.05) is 108 Å². The first-order valence-corrected chi connectivity index (χ1v) is 22.3. The van der Waals surface area contributed by atoms with Crippen LogP contribution in [0.1, 0.15) is 11.1 Å². The normalized spacial score (nSPS) is 15.8. The first-order chi connectivity index (χ1) is 30.3. The van der Waals surface area contributed by atoms with Crippen molar-refractivity contribution >= 4 is 58.5 Å². The molecule has 0 spiro atoms. The van der Waals surface area contributed by atoms with Crippen molar-refractivity contribution in [3.63, 3.8) is 0 Å². The van der Waals surface area contributed by atoms with E-state index in [0.717, 1.165) is 88.5 Å². The second-order valence-electron chi connectivity index (χ2n) is 14.3. The van der Waals surface area contributed by atoms with E-state index in [0.29, 0.717) is 38.6 Å². The number of fused-ring (bicyclic) bond motifs is 4. The van der Waals surface area contributed by atoms with E-state index < -0.39 is 11.9 Å². The van der Waals surface area contributed by atoms with E-state index in [-0.39, 0.29) is 18.7 Å². The molecule has 4 aromatic carbocycles. The summed E-state index contributed by atoms with van der Waals surface area (Å²) in [7, 11) is 0. The summed E-state index contributed by atoms with van der Waals surface area (Å²) >= 11 is 3.60. The Labute approximate surface area is 376 Å². The lowest BCUT2D eigenvalue weighted by atomic mass is 10.1. The maximum absolute atomic E-state index is 9.55. The number of carboxylic acid groups (broad SMARTS) is 2. The Morgan fingerprint density at radius 1 is 0.524 bits per heavy atom. The van der Waals surface area contributed by atoms with Gasteiger partial charge < -0.3 is 45.2 Å². The van der Waals surface area contributed by atoms with Gasteiger partial charge in [0.05, 0.1) is 51.0 Å². The van der Waals surface area contributed by atoms with Crippen molar-refractivity contribution < 1.29 is 45.0 Å². The van der Waals surface area contributed by atoms with Gasteiger partial charge in [0.1, 0.15) is 11.7 Å². The van der Waals surface area contributed by atoms with Crippen LogP contribution in [0.2, 0.25) is 0 Å². The molecule has 6 N–H and O–H groups in total. The van der Waals surface area contributed by atoms with Crippen LogP contribution in [0.25, 0.3) is 0 Å². The molecule has 336 valence electrons. The third-order valence-electron chi connectivity index (χ3n) is 10.2. The zero-order valence-corrected chi connectivity index (χ0v) is 36.8. The van der Waals surface area contributed by atoms with Gasteiger partial charge in [-0.05, 0) is 36.4 Å². The Morgan fingerprint density at radius 2 is 0.873 bits per heavy atom. The Balaban J connectivity index is 0.000000200. The fourth-order valence-electron chi connectivity index (χ4n) is 7.05. The van der Waals surface area contributed by atoms with Crippen molar-refractivity contribution in [2.75, 3.05) is 105 Å². The minimum absolute atomic E-state index is 0. The van der Waals surface area contributed by atoms with Crippen molar-refractivity contribution in [2.45, 2.75) is 19.6 Å². The monoisotopic (exact) mass is 900 g/mol. The summed E-state index contributed by atoms with van der Waals surface area (Å²) in [6, 6.07) is 33.9. The summed E-state index contributed by atoms with van der Waals surface area (Å²) in [5.41, 5.74) is 4.54. The molecule has 17 heteroatoms. The van der Waals surface area contributed by atoms with Gasteiger partial charge in [-0.2, -0.15) is 0 Å². The molecule has 4 aliphatic heterocycles. The highest BCUT2D eigenvalue weighted by molar-refractivity contribution is 7.99. The van der Waals surface area contributed by atoms with E-state index in [1.165, 1.54) is 30.7 Å². The average Bonchev–Trinajstić information content (AvgIpc) is 3.58. The number of aliphatic hydroxyl groups excluding tert-OH is 2. The molecule has 0 radical (unpaired) electrons. The Hall–Kier alpha value is -5.08. The highest BCUT2D eigenvalue weighted by atomic mass is 32.2. The van der Waals surface area contributed by atoms with Gasteiger partial charge in [0.25, 0.3) is 0 Å². The molecule has 0 aromatic heterocycles. The molecule has 2 saturated heterocycles. The molecule has 8 rings (SSSR count). The molecule has 0 bridgehead atoms. The Morgan fingerprint density at radius 3 is 1.24 bits per heavy atom.